The molecule has 1 aromatic heterocycles. The van der Waals surface area contributed by atoms with Crippen LogP contribution in [0.5, 0.6) is 0 Å². The van der Waals surface area contributed by atoms with Gasteiger partial charge >= 0.3 is 0 Å². The maximum Gasteiger partial charge on any atom is 0.245 e. The first kappa shape index (κ1) is 19.3. The first-order valence-corrected chi connectivity index (χ1v) is 9.01. The van der Waals surface area contributed by atoms with E-state index in [2.05, 4.69) is 27.0 Å². The van der Waals surface area contributed by atoms with Gasteiger partial charge in [0.15, 0.2) is 0 Å². The van der Waals surface area contributed by atoms with Gasteiger partial charge in [-0.2, -0.15) is 4.37 Å². The Bertz CT molecular complexity index is 636. The van der Waals surface area contributed by atoms with E-state index in [4.69, 9.17) is 9.57 Å². The van der Waals surface area contributed by atoms with Crippen LogP contribution in [-0.4, -0.2) is 48.7 Å². The normalized spacial score (nSPS) is 10.6. The van der Waals surface area contributed by atoms with Crippen molar-refractivity contribution < 1.29 is 14.4 Å². The average Bonchev–Trinajstić information content (AvgIpc) is 3.09. The van der Waals surface area contributed by atoms with Gasteiger partial charge in [-0.05, 0) is 12.5 Å². The Hall–Kier alpha value is -2.03. The molecule has 2 rings (SSSR count). The van der Waals surface area contributed by atoms with Gasteiger partial charge in [0.05, 0.1) is 13.2 Å². The third kappa shape index (κ3) is 6.77. The van der Waals surface area contributed by atoms with Crippen LogP contribution < -0.4 is 10.4 Å². The van der Waals surface area contributed by atoms with E-state index < -0.39 is 0 Å². The molecule has 1 heterocycles. The molecule has 1 N–H and O–H groups in total. The molecule has 8 heteroatoms. The van der Waals surface area contributed by atoms with Gasteiger partial charge in [-0.25, -0.2) is 10.5 Å². The van der Waals surface area contributed by atoms with Crippen molar-refractivity contribution in [2.45, 2.75) is 19.8 Å². The Morgan fingerprint density at radius 3 is 2.80 bits per heavy atom. The van der Waals surface area contributed by atoms with Crippen molar-refractivity contribution in [1.29, 1.82) is 0 Å². The predicted octanol–water partition coefficient (Wildman–Crippen LogP) is 2.04. The van der Waals surface area contributed by atoms with Gasteiger partial charge in [-0.3, -0.25) is 9.63 Å². The summed E-state index contributed by atoms with van der Waals surface area (Å²) in [6, 6.07) is 10.1. The number of anilines is 1. The fourth-order valence-electron chi connectivity index (χ4n) is 2.17. The van der Waals surface area contributed by atoms with Gasteiger partial charge in [0.25, 0.3) is 0 Å². The second kappa shape index (κ2) is 10.8. The number of rotatable bonds is 11. The number of hydrogen-bond acceptors (Lipinski definition) is 7. The van der Waals surface area contributed by atoms with E-state index >= 15 is 0 Å². The lowest BCUT2D eigenvalue weighted by Crippen LogP contribution is -2.33. The van der Waals surface area contributed by atoms with E-state index in [0.29, 0.717) is 39.1 Å². The minimum absolute atomic E-state index is 0.154. The van der Waals surface area contributed by atoms with Crippen molar-refractivity contribution in [3.05, 3.63) is 41.7 Å². The molecule has 0 radical (unpaired) electrons. The van der Waals surface area contributed by atoms with Crippen molar-refractivity contribution in [3.8, 4) is 0 Å². The summed E-state index contributed by atoms with van der Waals surface area (Å²) in [5.74, 6) is 0.630. The standard InChI is InChI=1S/C17H24N4O3S/c1-3-24-19-16(22)9-10-21(11-12-23-2)17-18-15(20-25-17)13-14-7-5-4-6-8-14/h4-8H,3,9-13H2,1-2H3,(H,19,22). The summed E-state index contributed by atoms with van der Waals surface area (Å²) in [7, 11) is 1.65. The maximum atomic E-state index is 11.7. The quantitative estimate of drug-likeness (QED) is 0.615. The van der Waals surface area contributed by atoms with E-state index in [1.54, 1.807) is 7.11 Å². The molecule has 2 aromatic rings. The number of hydroxylamine groups is 1. The molecule has 0 saturated heterocycles. The number of nitrogens with zero attached hydrogens (tertiary/aromatic N) is 3. The van der Waals surface area contributed by atoms with E-state index in [1.807, 2.05) is 30.0 Å². The van der Waals surface area contributed by atoms with Crippen molar-refractivity contribution in [3.63, 3.8) is 0 Å². The van der Waals surface area contributed by atoms with Crippen LogP contribution in [0.2, 0.25) is 0 Å². The minimum Gasteiger partial charge on any atom is -0.383 e. The van der Waals surface area contributed by atoms with E-state index in [1.165, 1.54) is 17.1 Å². The van der Waals surface area contributed by atoms with Crippen LogP contribution in [0.25, 0.3) is 0 Å². The number of carbonyl (C=O) groups is 1. The molecule has 25 heavy (non-hydrogen) atoms. The largest absolute Gasteiger partial charge is 0.383 e. The SMILES string of the molecule is CCONC(=O)CCN(CCOC)c1nc(Cc2ccccc2)ns1. The third-order valence-corrected chi connectivity index (χ3v) is 4.25. The molecule has 0 saturated carbocycles. The predicted molar refractivity (Wildman–Crippen MR) is 97.6 cm³/mol. The number of hydrogen-bond donors (Lipinski definition) is 1. The number of aromatic nitrogens is 2. The molecule has 0 aliphatic heterocycles. The molecule has 0 atom stereocenters. The summed E-state index contributed by atoms with van der Waals surface area (Å²) < 4.78 is 9.60. The van der Waals surface area contributed by atoms with E-state index in [-0.39, 0.29) is 5.91 Å². The number of benzene rings is 1. The monoisotopic (exact) mass is 364 g/mol. The lowest BCUT2D eigenvalue weighted by molar-refractivity contribution is -0.132. The Labute approximate surface area is 152 Å². The molecule has 0 spiro atoms. The average molecular weight is 364 g/mol. The summed E-state index contributed by atoms with van der Waals surface area (Å²) in [5.41, 5.74) is 3.58. The summed E-state index contributed by atoms with van der Waals surface area (Å²) >= 11 is 1.34. The van der Waals surface area contributed by atoms with Crippen molar-refractivity contribution >= 4 is 22.6 Å². The molecule has 1 amide bonds. The van der Waals surface area contributed by atoms with Gasteiger partial charge < -0.3 is 9.64 Å². The van der Waals surface area contributed by atoms with Crippen molar-refractivity contribution in [2.75, 3.05) is 38.3 Å². The van der Waals surface area contributed by atoms with E-state index in [0.717, 1.165) is 11.0 Å². The van der Waals surface area contributed by atoms with Gasteiger partial charge in [-0.15, -0.1) is 0 Å². The Kier molecular flexibility index (Phi) is 8.30. The minimum atomic E-state index is -0.154. The molecule has 0 unspecified atom stereocenters. The number of carbonyl (C=O) groups excluding carboxylic acids is 1. The number of amides is 1. The number of ether oxygens (including phenoxy) is 1. The second-order valence-electron chi connectivity index (χ2n) is 5.34. The highest BCUT2D eigenvalue weighted by Gasteiger charge is 2.14. The lowest BCUT2D eigenvalue weighted by atomic mass is 10.1. The first-order chi connectivity index (χ1) is 12.2. The van der Waals surface area contributed by atoms with Crippen LogP contribution in [0.4, 0.5) is 5.13 Å². The fraction of sp³-hybridized carbons (Fsp3) is 0.471. The maximum absolute atomic E-state index is 11.7. The molecule has 7 nitrogen and oxygen atoms in total. The summed E-state index contributed by atoms with van der Waals surface area (Å²) in [4.78, 5) is 23.3. The Morgan fingerprint density at radius 1 is 1.28 bits per heavy atom. The highest BCUT2D eigenvalue weighted by molar-refractivity contribution is 7.09. The lowest BCUT2D eigenvalue weighted by Gasteiger charge is -2.20. The fourth-order valence-corrected chi connectivity index (χ4v) is 2.90. The molecule has 0 aliphatic rings. The van der Waals surface area contributed by atoms with Gasteiger partial charge in [0.1, 0.15) is 5.82 Å². The Balaban J connectivity index is 1.96. The molecule has 0 fully saturated rings. The molecule has 0 aliphatic carbocycles. The van der Waals surface area contributed by atoms with Crippen molar-refractivity contribution in [2.24, 2.45) is 0 Å². The van der Waals surface area contributed by atoms with Crippen LogP contribution in [0.1, 0.15) is 24.7 Å². The van der Waals surface area contributed by atoms with Crippen LogP contribution in [0.15, 0.2) is 30.3 Å². The Morgan fingerprint density at radius 2 is 2.08 bits per heavy atom. The zero-order valence-electron chi connectivity index (χ0n) is 14.6. The zero-order valence-corrected chi connectivity index (χ0v) is 15.4. The smallest absolute Gasteiger partial charge is 0.245 e. The van der Waals surface area contributed by atoms with Crippen molar-refractivity contribution in [1.82, 2.24) is 14.8 Å². The van der Waals surface area contributed by atoms with Gasteiger partial charge in [0.2, 0.25) is 11.0 Å². The highest BCUT2D eigenvalue weighted by Crippen LogP contribution is 2.19. The molecule has 1 aromatic carbocycles. The first-order valence-electron chi connectivity index (χ1n) is 8.24. The molecular formula is C17H24N4O3S. The second-order valence-corrected chi connectivity index (χ2v) is 6.07. The van der Waals surface area contributed by atoms with Gasteiger partial charge in [0, 0.05) is 44.6 Å². The molecule has 0 bridgehead atoms. The number of nitrogens with one attached hydrogen (secondary N) is 1. The molecular weight excluding hydrogens is 340 g/mol. The third-order valence-electron chi connectivity index (χ3n) is 3.44. The van der Waals surface area contributed by atoms with Crippen LogP contribution in [0, 0.1) is 0 Å². The summed E-state index contributed by atoms with van der Waals surface area (Å²) in [6.45, 7) is 4.00. The number of methoxy groups -OCH3 is 1. The van der Waals surface area contributed by atoms with Gasteiger partial charge in [-0.1, -0.05) is 30.3 Å². The van der Waals surface area contributed by atoms with E-state index in [9.17, 15) is 4.79 Å². The van der Waals surface area contributed by atoms with Crippen LogP contribution in [-0.2, 0) is 20.8 Å². The topological polar surface area (TPSA) is 76.6 Å². The summed E-state index contributed by atoms with van der Waals surface area (Å²) in [5, 5.41) is 0.798. The summed E-state index contributed by atoms with van der Waals surface area (Å²) in [6.07, 6.45) is 1.01. The highest BCUT2D eigenvalue weighted by atomic mass is 32.1. The van der Waals surface area contributed by atoms with Crippen LogP contribution >= 0.6 is 11.5 Å². The molecule has 136 valence electrons. The zero-order chi connectivity index (χ0) is 17.9. The van der Waals surface area contributed by atoms with Crippen LogP contribution in [0.3, 0.4) is 0 Å².